The van der Waals surface area contributed by atoms with Gasteiger partial charge in [-0.2, -0.15) is 22.5 Å². The quantitative estimate of drug-likeness (QED) is 0.749. The first-order chi connectivity index (χ1) is 11.8. The highest BCUT2D eigenvalue weighted by atomic mass is 32.2. The first kappa shape index (κ1) is 18.3. The topological polar surface area (TPSA) is 106 Å². The number of carbonyl (C=O) groups is 1. The lowest BCUT2D eigenvalue weighted by Gasteiger charge is -2.36. The molecule has 2 N–H and O–H groups in total. The summed E-state index contributed by atoms with van der Waals surface area (Å²) in [4.78, 5) is 12.6. The lowest BCUT2D eigenvalue weighted by Crippen LogP contribution is -2.57. The maximum atomic E-state index is 12.6. The highest BCUT2D eigenvalue weighted by Crippen LogP contribution is 2.29. The van der Waals surface area contributed by atoms with Gasteiger partial charge in [-0.3, -0.25) is 9.48 Å². The normalized spacial score (nSPS) is 29.6. The van der Waals surface area contributed by atoms with E-state index < -0.39 is 22.3 Å². The predicted octanol–water partition coefficient (Wildman–Crippen LogP) is -0.397. The van der Waals surface area contributed by atoms with Crippen LogP contribution in [0.25, 0.3) is 0 Å². The number of aromatic nitrogens is 2. The summed E-state index contributed by atoms with van der Waals surface area (Å²) in [5.74, 6) is -0.297. The van der Waals surface area contributed by atoms with Gasteiger partial charge in [0, 0.05) is 39.0 Å². The third-order valence-corrected chi connectivity index (χ3v) is 6.42. The van der Waals surface area contributed by atoms with Crippen molar-refractivity contribution in [1.29, 1.82) is 0 Å². The van der Waals surface area contributed by atoms with Crippen LogP contribution >= 0.6 is 0 Å². The maximum Gasteiger partial charge on any atom is 0.280 e. The minimum atomic E-state index is -3.74. The first-order valence-electron chi connectivity index (χ1n) is 8.42. The molecule has 2 saturated heterocycles. The molecule has 1 aromatic heterocycles. The highest BCUT2D eigenvalue weighted by molar-refractivity contribution is 7.87. The third-order valence-electron chi connectivity index (χ3n) is 4.83. The maximum absolute atomic E-state index is 12.6. The summed E-state index contributed by atoms with van der Waals surface area (Å²) < 4.78 is 35.8. The Morgan fingerprint density at radius 1 is 1.48 bits per heavy atom. The Morgan fingerprint density at radius 2 is 2.24 bits per heavy atom. The zero-order chi connectivity index (χ0) is 18.2. The number of carbonyl (C=O) groups excluding carboxylic acids is 1. The van der Waals surface area contributed by atoms with E-state index in [1.54, 1.807) is 17.9 Å². The number of hydrogen-bond acceptors (Lipinski definition) is 5. The second-order valence-corrected chi connectivity index (χ2v) is 8.43. The van der Waals surface area contributed by atoms with E-state index in [1.165, 1.54) is 7.05 Å². The molecule has 0 unspecified atom stereocenters. The first-order valence-corrected chi connectivity index (χ1v) is 9.86. The van der Waals surface area contributed by atoms with Crippen LogP contribution in [0.3, 0.4) is 0 Å². The number of hydrogen-bond donors (Lipinski definition) is 2. The van der Waals surface area contributed by atoms with Crippen molar-refractivity contribution >= 4 is 16.1 Å². The van der Waals surface area contributed by atoms with Crippen LogP contribution in [-0.4, -0.2) is 60.8 Å². The van der Waals surface area contributed by atoms with E-state index in [9.17, 15) is 13.2 Å². The second kappa shape index (κ2) is 7.02. The van der Waals surface area contributed by atoms with Crippen molar-refractivity contribution < 1.29 is 17.9 Å². The summed E-state index contributed by atoms with van der Waals surface area (Å²) in [6.07, 6.45) is 4.06. The van der Waals surface area contributed by atoms with Crippen LogP contribution in [0.2, 0.25) is 0 Å². The monoisotopic (exact) mass is 371 g/mol. The van der Waals surface area contributed by atoms with Crippen LogP contribution in [-0.2, 0) is 26.8 Å². The molecule has 3 rings (SSSR count). The summed E-state index contributed by atoms with van der Waals surface area (Å²) in [5, 5.41) is 7.10. The summed E-state index contributed by atoms with van der Waals surface area (Å²) >= 11 is 0. The highest BCUT2D eigenvalue weighted by Gasteiger charge is 2.41. The van der Waals surface area contributed by atoms with Gasteiger partial charge in [0.05, 0.1) is 17.8 Å². The molecule has 0 aromatic carbocycles. The van der Waals surface area contributed by atoms with Gasteiger partial charge in [0.25, 0.3) is 10.2 Å². The van der Waals surface area contributed by atoms with Crippen molar-refractivity contribution in [2.24, 2.45) is 7.05 Å². The lowest BCUT2D eigenvalue weighted by molar-refractivity contribution is -0.125. The van der Waals surface area contributed by atoms with Gasteiger partial charge in [-0.1, -0.05) is 0 Å². The van der Waals surface area contributed by atoms with E-state index in [4.69, 9.17) is 4.74 Å². The SMILES string of the molecule is Cc1nn(C)cc1[C@@H]1C[C@@H](C(=O)NC[C@@H]2CCCO2)N(C)S(=O)(=O)N1. The molecule has 0 radical (unpaired) electrons. The summed E-state index contributed by atoms with van der Waals surface area (Å²) in [7, 11) is -0.539. The van der Waals surface area contributed by atoms with Gasteiger partial charge >= 0.3 is 0 Å². The molecule has 1 amide bonds. The van der Waals surface area contributed by atoms with Gasteiger partial charge < -0.3 is 10.1 Å². The number of amides is 1. The number of aryl methyl sites for hydroxylation is 2. The summed E-state index contributed by atoms with van der Waals surface area (Å²) in [5.41, 5.74) is 1.54. The second-order valence-electron chi connectivity index (χ2n) is 6.67. The van der Waals surface area contributed by atoms with E-state index in [2.05, 4.69) is 15.1 Å². The average Bonchev–Trinajstić information content (AvgIpc) is 3.16. The molecular weight excluding hydrogens is 346 g/mol. The van der Waals surface area contributed by atoms with Gasteiger partial charge in [0.1, 0.15) is 6.04 Å². The molecule has 2 aliphatic heterocycles. The molecule has 25 heavy (non-hydrogen) atoms. The molecule has 3 heterocycles. The Bertz CT molecular complexity index is 741. The fraction of sp³-hybridized carbons (Fsp3) is 0.733. The number of rotatable bonds is 4. The van der Waals surface area contributed by atoms with E-state index in [1.807, 2.05) is 6.92 Å². The van der Waals surface area contributed by atoms with Crippen molar-refractivity contribution in [1.82, 2.24) is 24.1 Å². The molecule has 2 fully saturated rings. The average molecular weight is 371 g/mol. The smallest absolute Gasteiger partial charge is 0.280 e. The Balaban J connectivity index is 1.74. The molecule has 140 valence electrons. The van der Waals surface area contributed by atoms with E-state index in [0.29, 0.717) is 19.6 Å². The number of nitrogens with zero attached hydrogens (tertiary/aromatic N) is 3. The molecule has 3 atom stereocenters. The number of likely N-dealkylation sites (N-methyl/N-ethyl adjacent to an activating group) is 1. The number of ether oxygens (including phenoxy) is 1. The van der Waals surface area contributed by atoms with Crippen LogP contribution in [0.5, 0.6) is 0 Å². The molecule has 0 bridgehead atoms. The van der Waals surface area contributed by atoms with Crippen LogP contribution in [0.1, 0.15) is 36.6 Å². The Kier molecular flexibility index (Phi) is 5.14. The van der Waals surface area contributed by atoms with Gasteiger partial charge in [0.2, 0.25) is 5.91 Å². The minimum Gasteiger partial charge on any atom is -0.376 e. The van der Waals surface area contributed by atoms with E-state index >= 15 is 0 Å². The minimum absolute atomic E-state index is 0.0175. The molecular formula is C15H25N5O4S. The molecule has 1 aromatic rings. The summed E-state index contributed by atoms with van der Waals surface area (Å²) in [6.45, 7) is 2.95. The van der Waals surface area contributed by atoms with Crippen molar-refractivity contribution in [3.63, 3.8) is 0 Å². The van der Waals surface area contributed by atoms with Crippen LogP contribution < -0.4 is 10.0 Å². The van der Waals surface area contributed by atoms with Gasteiger partial charge in [0.15, 0.2) is 0 Å². The van der Waals surface area contributed by atoms with E-state index in [0.717, 1.165) is 28.4 Å². The fourth-order valence-corrected chi connectivity index (χ4v) is 4.68. The zero-order valence-corrected chi connectivity index (χ0v) is 15.5. The van der Waals surface area contributed by atoms with Gasteiger partial charge in [-0.15, -0.1) is 0 Å². The standard InChI is InChI=1S/C15H25N5O4S/c1-10-12(9-19(2)17-10)13-7-14(20(3)25(22,23)18-13)15(21)16-8-11-5-4-6-24-11/h9,11,13-14,18H,4-8H2,1-3H3,(H,16,21)/t11-,13-,14-/m0/s1. The number of nitrogens with one attached hydrogen (secondary N) is 2. The van der Waals surface area contributed by atoms with Crippen molar-refractivity contribution in [3.8, 4) is 0 Å². The molecule has 0 spiro atoms. The predicted molar refractivity (Wildman–Crippen MR) is 90.9 cm³/mol. The van der Waals surface area contributed by atoms with Crippen LogP contribution in [0.15, 0.2) is 6.20 Å². The largest absolute Gasteiger partial charge is 0.376 e. The summed E-state index contributed by atoms with van der Waals surface area (Å²) in [6, 6.07) is -1.24. The van der Waals surface area contributed by atoms with Crippen LogP contribution in [0, 0.1) is 6.92 Å². The molecule has 0 aliphatic carbocycles. The van der Waals surface area contributed by atoms with Crippen molar-refractivity contribution in [2.45, 2.75) is 44.4 Å². The Hall–Kier alpha value is -1.49. The van der Waals surface area contributed by atoms with E-state index in [-0.39, 0.29) is 12.0 Å². The Labute approximate surface area is 147 Å². The molecule has 9 nitrogen and oxygen atoms in total. The third kappa shape index (κ3) is 3.86. The molecule has 0 saturated carbocycles. The van der Waals surface area contributed by atoms with Gasteiger partial charge in [-0.25, -0.2) is 0 Å². The van der Waals surface area contributed by atoms with Crippen molar-refractivity contribution in [3.05, 3.63) is 17.5 Å². The molecule has 10 heteroatoms. The van der Waals surface area contributed by atoms with Crippen molar-refractivity contribution in [2.75, 3.05) is 20.2 Å². The van der Waals surface area contributed by atoms with Gasteiger partial charge in [-0.05, 0) is 26.2 Å². The zero-order valence-electron chi connectivity index (χ0n) is 14.7. The lowest BCUT2D eigenvalue weighted by atomic mass is 10.00. The van der Waals surface area contributed by atoms with Crippen LogP contribution in [0.4, 0.5) is 0 Å². The fourth-order valence-electron chi connectivity index (χ4n) is 3.41. The Morgan fingerprint density at radius 3 is 2.84 bits per heavy atom. The molecule has 2 aliphatic rings.